The lowest BCUT2D eigenvalue weighted by Crippen LogP contribution is -3.13. The van der Waals surface area contributed by atoms with E-state index in [1.54, 1.807) is 12.3 Å². The summed E-state index contributed by atoms with van der Waals surface area (Å²) in [7, 11) is -4.95. The minimum Gasteiger partial charge on any atom is -0.756 e. The van der Waals surface area contributed by atoms with Gasteiger partial charge in [-0.05, 0) is 12.2 Å². The highest BCUT2D eigenvalue weighted by Crippen LogP contribution is 2.32. The molecule has 11 heteroatoms. The smallest absolute Gasteiger partial charge is 0.265 e. The van der Waals surface area contributed by atoms with Gasteiger partial charge in [0.05, 0.1) is 18.4 Å². The summed E-state index contributed by atoms with van der Waals surface area (Å²) in [5.74, 6) is -0.609. The van der Waals surface area contributed by atoms with E-state index in [2.05, 4.69) is 4.52 Å². The highest BCUT2D eigenvalue weighted by molar-refractivity contribution is 7.44. The monoisotopic (exact) mass is 336 g/mol. The van der Waals surface area contributed by atoms with Gasteiger partial charge in [-0.25, -0.2) is 0 Å². The summed E-state index contributed by atoms with van der Waals surface area (Å²) in [5.41, 5.74) is 5.51. The van der Waals surface area contributed by atoms with Crippen molar-refractivity contribution >= 4 is 13.7 Å². The lowest BCUT2D eigenvalue weighted by Gasteiger charge is -2.25. The number of hydrogen-bond acceptors (Lipinski definition) is 7. The number of carbonyl (C=O) groups excluding carboxylic acids is 1. The number of aliphatic hydroxyl groups excluding tert-OH is 2. The third-order valence-electron chi connectivity index (χ3n) is 3.45. The minimum absolute atomic E-state index is 0.147. The summed E-state index contributed by atoms with van der Waals surface area (Å²) < 4.78 is 20.1. The average Bonchev–Trinajstić information content (AvgIpc) is 2.72. The number of amides is 1. The van der Waals surface area contributed by atoms with Gasteiger partial charge in [0.15, 0.2) is 6.10 Å². The Morgan fingerprint density at radius 3 is 2.82 bits per heavy atom. The number of carbonyl (C=O) groups is 1. The Bertz CT molecular complexity index is 544. The zero-order valence-electron chi connectivity index (χ0n) is 11.4. The van der Waals surface area contributed by atoms with Crippen molar-refractivity contribution in [3.05, 3.63) is 23.9 Å². The van der Waals surface area contributed by atoms with Crippen molar-refractivity contribution in [1.82, 2.24) is 0 Å². The van der Waals surface area contributed by atoms with Crippen molar-refractivity contribution in [1.29, 1.82) is 0 Å². The molecule has 2 aliphatic heterocycles. The number of ether oxygens (including phenoxy) is 1. The number of nitrogens with two attached hydrogens (primary N) is 1. The van der Waals surface area contributed by atoms with Crippen molar-refractivity contribution in [3.63, 3.8) is 0 Å². The van der Waals surface area contributed by atoms with Crippen LogP contribution in [0.15, 0.2) is 23.9 Å². The number of quaternary nitrogens is 1. The summed E-state index contributed by atoms with van der Waals surface area (Å²) in [4.78, 5) is 30.8. The maximum absolute atomic E-state index is 11.2. The van der Waals surface area contributed by atoms with Crippen LogP contribution in [-0.4, -0.2) is 58.7 Å². The van der Waals surface area contributed by atoms with E-state index < -0.39 is 44.9 Å². The van der Waals surface area contributed by atoms with E-state index in [1.807, 2.05) is 0 Å². The van der Waals surface area contributed by atoms with E-state index in [9.17, 15) is 24.5 Å². The molecule has 2 rings (SSSR count). The van der Waals surface area contributed by atoms with Crippen molar-refractivity contribution in [2.45, 2.75) is 24.5 Å². The van der Waals surface area contributed by atoms with Gasteiger partial charge in [-0.2, -0.15) is 0 Å². The minimum atomic E-state index is -4.95. The third kappa shape index (κ3) is 4.00. The molecule has 6 atom stereocenters. The standard InChI is InChI=1S/C11H17N2O8P/c12-10(16)6-2-1-3-13(4-6)11-9(15)8(14)7(21-11)5-20-22(17,18)19/h1-3,7-9,11,14-15H,4-5H2,(H2,12,16)(H2,17,18,19)/t7-,8+,9+,11-/m0/s1. The molecular weight excluding hydrogens is 319 g/mol. The van der Waals surface area contributed by atoms with E-state index in [4.69, 9.17) is 15.4 Å². The Kier molecular flexibility index (Phi) is 5.15. The first-order valence-corrected chi connectivity index (χ1v) is 7.91. The zero-order valence-corrected chi connectivity index (χ0v) is 12.3. The zero-order chi connectivity index (χ0) is 16.5. The maximum atomic E-state index is 11.2. The molecule has 2 unspecified atom stereocenters. The number of phosphoric ester groups is 1. The van der Waals surface area contributed by atoms with E-state index in [0.29, 0.717) is 10.5 Å². The lowest BCUT2D eigenvalue weighted by molar-refractivity contribution is -0.898. The third-order valence-corrected chi connectivity index (χ3v) is 3.92. The van der Waals surface area contributed by atoms with Gasteiger partial charge in [-0.1, -0.05) is 0 Å². The van der Waals surface area contributed by atoms with Gasteiger partial charge in [0.2, 0.25) is 12.1 Å². The van der Waals surface area contributed by atoms with Crippen LogP contribution in [-0.2, 0) is 18.6 Å². The predicted molar refractivity (Wildman–Crippen MR) is 68.7 cm³/mol. The van der Waals surface area contributed by atoms with E-state index in [1.165, 1.54) is 6.08 Å². The molecule has 1 fully saturated rings. The highest BCUT2D eigenvalue weighted by atomic mass is 31.2. The van der Waals surface area contributed by atoms with Gasteiger partial charge >= 0.3 is 0 Å². The lowest BCUT2D eigenvalue weighted by atomic mass is 10.1. The number of allylic oxidation sites excluding steroid dienone is 2. The highest BCUT2D eigenvalue weighted by Gasteiger charge is 2.48. The Hall–Kier alpha value is -1.10. The van der Waals surface area contributed by atoms with E-state index in [0.717, 1.165) is 0 Å². The normalized spacial score (nSPS) is 37.6. The molecule has 22 heavy (non-hydrogen) atoms. The van der Waals surface area contributed by atoms with Gasteiger partial charge < -0.3 is 35.0 Å². The Morgan fingerprint density at radius 1 is 1.55 bits per heavy atom. The molecular formula is C11H17N2O8P. The summed E-state index contributed by atoms with van der Waals surface area (Å²) >= 11 is 0. The van der Waals surface area contributed by atoms with Crippen LogP contribution in [0.3, 0.4) is 0 Å². The molecule has 2 heterocycles. The van der Waals surface area contributed by atoms with Crippen LogP contribution in [0.1, 0.15) is 0 Å². The number of phosphoric acid groups is 1. The Balaban J connectivity index is 2.01. The van der Waals surface area contributed by atoms with Crippen molar-refractivity contribution in [3.8, 4) is 0 Å². The topological polar surface area (TPSA) is 167 Å². The number of rotatable bonds is 5. The summed E-state index contributed by atoms with van der Waals surface area (Å²) in [5, 5.41) is 19.9. The number of hydrogen-bond donors (Lipinski definition) is 5. The van der Waals surface area contributed by atoms with Crippen LogP contribution in [0.5, 0.6) is 0 Å². The predicted octanol–water partition coefficient (Wildman–Crippen LogP) is -4.27. The molecule has 0 aromatic carbocycles. The van der Waals surface area contributed by atoms with Gasteiger partial charge in [-0.3, -0.25) is 14.3 Å². The van der Waals surface area contributed by atoms with Crippen LogP contribution in [0.2, 0.25) is 0 Å². The molecule has 6 N–H and O–H groups in total. The van der Waals surface area contributed by atoms with Crippen LogP contribution in [0.25, 0.3) is 0 Å². The van der Waals surface area contributed by atoms with Crippen molar-refractivity contribution in [2.75, 3.05) is 13.2 Å². The molecule has 10 nitrogen and oxygen atoms in total. The molecule has 1 saturated heterocycles. The number of primary amides is 1. The largest absolute Gasteiger partial charge is 0.756 e. The molecule has 0 aliphatic carbocycles. The second-order valence-corrected chi connectivity index (χ2v) is 6.20. The maximum Gasteiger partial charge on any atom is 0.265 e. The fourth-order valence-corrected chi connectivity index (χ4v) is 2.69. The Morgan fingerprint density at radius 2 is 2.23 bits per heavy atom. The molecule has 1 amide bonds. The molecule has 0 bridgehead atoms. The second kappa shape index (κ2) is 6.57. The van der Waals surface area contributed by atoms with Crippen LogP contribution in [0.4, 0.5) is 0 Å². The SMILES string of the molecule is NC(=O)C1=CC=C[NH+]([C@H]2O[C@@H](COP(=O)([O-])O)[C@@H](O)[C@H]2O)C1. The van der Waals surface area contributed by atoms with Crippen molar-refractivity contribution < 1.29 is 43.5 Å². The van der Waals surface area contributed by atoms with Gasteiger partial charge in [0, 0.05) is 0 Å². The molecule has 0 aromatic heterocycles. The molecule has 0 radical (unpaired) electrons. The van der Waals surface area contributed by atoms with Crippen LogP contribution < -0.4 is 15.5 Å². The molecule has 0 saturated carbocycles. The number of nitrogens with one attached hydrogen (secondary N) is 1. The molecule has 124 valence electrons. The molecule has 0 aromatic rings. The quantitative estimate of drug-likeness (QED) is 0.315. The first kappa shape index (κ1) is 17.3. The Labute approximate surface area is 125 Å². The van der Waals surface area contributed by atoms with Gasteiger partial charge in [-0.15, -0.1) is 0 Å². The second-order valence-electron chi connectivity index (χ2n) is 5.01. The number of aliphatic hydroxyl groups is 2. The van der Waals surface area contributed by atoms with Crippen LogP contribution >= 0.6 is 7.82 Å². The molecule has 2 aliphatic rings. The summed E-state index contributed by atoms with van der Waals surface area (Å²) in [6.07, 6.45) is -0.105. The average molecular weight is 336 g/mol. The first-order valence-electron chi connectivity index (χ1n) is 6.42. The van der Waals surface area contributed by atoms with E-state index >= 15 is 0 Å². The van der Waals surface area contributed by atoms with Gasteiger partial charge in [0.25, 0.3) is 7.82 Å². The van der Waals surface area contributed by atoms with Crippen molar-refractivity contribution in [2.24, 2.45) is 5.73 Å². The fraction of sp³-hybridized carbons (Fsp3) is 0.545. The fourth-order valence-electron chi connectivity index (χ4n) is 2.35. The van der Waals surface area contributed by atoms with Gasteiger partial charge in [0.1, 0.15) is 18.8 Å². The van der Waals surface area contributed by atoms with Crippen LogP contribution in [0, 0.1) is 0 Å². The van der Waals surface area contributed by atoms with E-state index in [-0.39, 0.29) is 6.54 Å². The summed E-state index contributed by atoms with van der Waals surface area (Å²) in [6.45, 7) is -0.491. The molecule has 0 spiro atoms. The summed E-state index contributed by atoms with van der Waals surface area (Å²) in [6, 6.07) is 0. The first-order chi connectivity index (χ1) is 10.2.